The van der Waals surface area contributed by atoms with Gasteiger partial charge in [0.2, 0.25) is 5.88 Å². The Morgan fingerprint density at radius 1 is 1.25 bits per heavy atom. The number of ether oxygens (including phenoxy) is 1. The van der Waals surface area contributed by atoms with Crippen LogP contribution in [-0.2, 0) is 6.42 Å². The number of hydrogen-bond acceptors (Lipinski definition) is 5. The number of halogens is 1. The topological polar surface area (TPSA) is 73.1 Å². The van der Waals surface area contributed by atoms with Gasteiger partial charge in [-0.05, 0) is 31.0 Å². The van der Waals surface area contributed by atoms with Crippen molar-refractivity contribution < 1.29 is 4.74 Å². The number of hydrogen-bond donors (Lipinski definition) is 2. The van der Waals surface area contributed by atoms with E-state index < -0.39 is 0 Å². The summed E-state index contributed by atoms with van der Waals surface area (Å²) in [6.07, 6.45) is 2.29. The van der Waals surface area contributed by atoms with Crippen molar-refractivity contribution >= 4 is 23.1 Å². The highest BCUT2D eigenvalue weighted by Crippen LogP contribution is 2.24. The first-order valence-corrected chi connectivity index (χ1v) is 6.80. The van der Waals surface area contributed by atoms with Crippen LogP contribution in [0.4, 0.5) is 11.5 Å². The van der Waals surface area contributed by atoms with Crippen molar-refractivity contribution in [3.8, 4) is 5.88 Å². The second kappa shape index (κ2) is 6.96. The molecular weight excluding hydrogens is 276 g/mol. The monoisotopic (exact) mass is 292 g/mol. The van der Waals surface area contributed by atoms with Gasteiger partial charge in [0.05, 0.1) is 6.61 Å². The first-order chi connectivity index (χ1) is 9.70. The van der Waals surface area contributed by atoms with E-state index in [-0.39, 0.29) is 0 Å². The lowest BCUT2D eigenvalue weighted by molar-refractivity contribution is 0.328. The van der Waals surface area contributed by atoms with Gasteiger partial charge in [-0.2, -0.15) is 4.98 Å². The molecule has 0 amide bonds. The number of nitrogens with two attached hydrogens (primary N) is 1. The third-order valence-corrected chi connectivity index (χ3v) is 3.00. The van der Waals surface area contributed by atoms with Crippen LogP contribution in [0.3, 0.4) is 0 Å². The van der Waals surface area contributed by atoms with E-state index in [1.165, 1.54) is 11.9 Å². The summed E-state index contributed by atoms with van der Waals surface area (Å²) in [5.41, 5.74) is 7.57. The van der Waals surface area contributed by atoms with E-state index in [2.05, 4.69) is 15.3 Å². The zero-order valence-electron chi connectivity index (χ0n) is 11.3. The van der Waals surface area contributed by atoms with E-state index in [0.717, 1.165) is 11.4 Å². The summed E-state index contributed by atoms with van der Waals surface area (Å²) < 4.78 is 5.32. The highest BCUT2D eigenvalue weighted by molar-refractivity contribution is 6.30. The molecule has 0 saturated heterocycles. The molecule has 0 aliphatic carbocycles. The molecule has 0 radical (unpaired) electrons. The third kappa shape index (κ3) is 3.74. The van der Waals surface area contributed by atoms with Gasteiger partial charge in [-0.25, -0.2) is 4.98 Å². The third-order valence-electron chi connectivity index (χ3n) is 2.75. The van der Waals surface area contributed by atoms with E-state index in [1.54, 1.807) is 0 Å². The second-order valence-electron chi connectivity index (χ2n) is 4.18. The summed E-state index contributed by atoms with van der Waals surface area (Å²) in [6, 6.07) is 7.75. The zero-order valence-corrected chi connectivity index (χ0v) is 12.0. The molecule has 5 nitrogen and oxygen atoms in total. The Bertz CT molecular complexity index is 560. The van der Waals surface area contributed by atoms with E-state index in [1.807, 2.05) is 31.2 Å². The van der Waals surface area contributed by atoms with E-state index >= 15 is 0 Å². The lowest BCUT2D eigenvalue weighted by atomic mass is 10.1. The minimum atomic E-state index is 0.413. The van der Waals surface area contributed by atoms with Gasteiger partial charge in [0.1, 0.15) is 12.0 Å². The fourth-order valence-electron chi connectivity index (χ4n) is 1.75. The van der Waals surface area contributed by atoms with Gasteiger partial charge in [-0.15, -0.1) is 0 Å². The van der Waals surface area contributed by atoms with Crippen molar-refractivity contribution in [3.05, 3.63) is 41.2 Å². The Labute approximate surface area is 123 Å². The largest absolute Gasteiger partial charge is 0.476 e. The summed E-state index contributed by atoms with van der Waals surface area (Å²) in [4.78, 5) is 8.11. The Balaban J connectivity index is 1.94. The van der Waals surface area contributed by atoms with Crippen molar-refractivity contribution in [1.29, 1.82) is 0 Å². The minimum Gasteiger partial charge on any atom is -0.476 e. The van der Waals surface area contributed by atoms with Crippen LogP contribution in [-0.4, -0.2) is 23.1 Å². The van der Waals surface area contributed by atoms with E-state index in [4.69, 9.17) is 22.1 Å². The lowest BCUT2D eigenvalue weighted by Crippen LogP contribution is -2.10. The van der Waals surface area contributed by atoms with Crippen molar-refractivity contribution in [3.63, 3.8) is 0 Å². The second-order valence-corrected chi connectivity index (χ2v) is 4.61. The van der Waals surface area contributed by atoms with Crippen molar-refractivity contribution in [1.82, 2.24) is 9.97 Å². The average molecular weight is 293 g/mol. The first kappa shape index (κ1) is 14.4. The van der Waals surface area contributed by atoms with E-state index in [0.29, 0.717) is 30.5 Å². The molecule has 0 unspecified atom stereocenters. The van der Waals surface area contributed by atoms with Gasteiger partial charge >= 0.3 is 0 Å². The predicted octanol–water partition coefficient (Wildman–Crippen LogP) is 2.77. The number of rotatable bonds is 6. The number of nitrogens with zero attached hydrogens (tertiary/aromatic N) is 2. The molecule has 0 bridgehead atoms. The Morgan fingerprint density at radius 3 is 2.70 bits per heavy atom. The van der Waals surface area contributed by atoms with Crippen LogP contribution in [0.15, 0.2) is 30.6 Å². The molecular formula is C14H17ClN4O. The molecule has 3 N–H and O–H groups in total. The first-order valence-electron chi connectivity index (χ1n) is 6.42. The molecule has 0 aliphatic heterocycles. The minimum absolute atomic E-state index is 0.413. The number of nitrogen functional groups attached to an aromatic ring is 1. The van der Waals surface area contributed by atoms with Gasteiger partial charge < -0.3 is 15.8 Å². The van der Waals surface area contributed by atoms with E-state index in [9.17, 15) is 0 Å². The van der Waals surface area contributed by atoms with Crippen molar-refractivity contribution in [2.24, 2.45) is 0 Å². The molecule has 0 saturated carbocycles. The summed E-state index contributed by atoms with van der Waals surface area (Å²) in [7, 11) is 0. The summed E-state index contributed by atoms with van der Waals surface area (Å²) in [6.45, 7) is 3.12. The number of nitrogens with one attached hydrogen (secondary N) is 1. The maximum atomic E-state index is 5.94. The number of benzene rings is 1. The van der Waals surface area contributed by atoms with Crippen LogP contribution in [0.25, 0.3) is 0 Å². The molecule has 0 atom stereocenters. The normalized spacial score (nSPS) is 10.3. The number of anilines is 2. The maximum Gasteiger partial charge on any atom is 0.242 e. The Morgan fingerprint density at radius 2 is 2.00 bits per heavy atom. The van der Waals surface area contributed by atoms with Crippen LogP contribution in [0.1, 0.15) is 12.5 Å². The quantitative estimate of drug-likeness (QED) is 0.856. The molecule has 6 heteroatoms. The molecule has 2 aromatic rings. The standard InChI is InChI=1S/C14H17ClN4O/c1-2-20-14-12(16)13(18-9-19-14)17-8-7-10-3-5-11(15)6-4-10/h3-6,9H,2,7-8,16H2,1H3,(H,17,18,19). The van der Waals surface area contributed by atoms with Gasteiger partial charge in [-0.1, -0.05) is 23.7 Å². The lowest BCUT2D eigenvalue weighted by Gasteiger charge is -2.11. The Kier molecular flexibility index (Phi) is 5.01. The molecule has 0 fully saturated rings. The van der Waals surface area contributed by atoms with Gasteiger partial charge in [0, 0.05) is 11.6 Å². The molecule has 1 aromatic heterocycles. The maximum absolute atomic E-state index is 5.94. The number of aromatic nitrogens is 2. The molecule has 2 rings (SSSR count). The molecule has 106 valence electrons. The highest BCUT2D eigenvalue weighted by atomic mass is 35.5. The predicted molar refractivity (Wildman–Crippen MR) is 81.3 cm³/mol. The van der Waals surface area contributed by atoms with Crippen molar-refractivity contribution in [2.45, 2.75) is 13.3 Å². The summed E-state index contributed by atoms with van der Waals surface area (Å²) in [5.74, 6) is 1.01. The molecule has 0 aliphatic rings. The van der Waals surface area contributed by atoms with Crippen molar-refractivity contribution in [2.75, 3.05) is 24.2 Å². The fourth-order valence-corrected chi connectivity index (χ4v) is 1.87. The van der Waals surface area contributed by atoms with Crippen LogP contribution in [0, 0.1) is 0 Å². The van der Waals surface area contributed by atoms with Crippen LogP contribution < -0.4 is 15.8 Å². The molecule has 0 spiro atoms. The summed E-state index contributed by atoms with van der Waals surface area (Å²) in [5, 5.41) is 3.92. The van der Waals surface area contributed by atoms with Gasteiger partial charge in [-0.3, -0.25) is 0 Å². The SMILES string of the molecule is CCOc1ncnc(NCCc2ccc(Cl)cc2)c1N. The van der Waals surface area contributed by atoms with Crippen LogP contribution in [0.2, 0.25) is 5.02 Å². The molecule has 20 heavy (non-hydrogen) atoms. The molecule has 1 heterocycles. The van der Waals surface area contributed by atoms with Crippen LogP contribution >= 0.6 is 11.6 Å². The summed E-state index contributed by atoms with van der Waals surface area (Å²) >= 11 is 5.85. The van der Waals surface area contributed by atoms with Gasteiger partial charge in [0.25, 0.3) is 0 Å². The smallest absolute Gasteiger partial charge is 0.242 e. The van der Waals surface area contributed by atoms with Gasteiger partial charge in [0.15, 0.2) is 5.82 Å². The average Bonchev–Trinajstić information content (AvgIpc) is 2.45. The highest BCUT2D eigenvalue weighted by Gasteiger charge is 2.08. The van der Waals surface area contributed by atoms with Crippen LogP contribution in [0.5, 0.6) is 5.88 Å². The zero-order chi connectivity index (χ0) is 14.4. The molecule has 1 aromatic carbocycles. The Hall–Kier alpha value is -2.01. The fraction of sp³-hybridized carbons (Fsp3) is 0.286.